The first-order valence-electron chi connectivity index (χ1n) is 3.29. The molecule has 0 bridgehead atoms. The Morgan fingerprint density at radius 3 is 2.29 bits per heavy atom. The molecule has 7 heteroatoms. The summed E-state index contributed by atoms with van der Waals surface area (Å²) < 4.78 is 27.6. The molecule has 0 aliphatic carbocycles. The van der Waals surface area contributed by atoms with Gasteiger partial charge in [0, 0.05) is 26.4 Å². The molecule has 76 valence electrons. The Kier molecular flexibility index (Phi) is 7.90. The van der Waals surface area contributed by atoms with Crippen molar-refractivity contribution in [2.45, 2.75) is 6.11 Å². The number of rotatable bonds is 4. The first-order chi connectivity index (χ1) is 5.87. The van der Waals surface area contributed by atoms with Gasteiger partial charge in [-0.3, -0.25) is 4.79 Å². The Bertz CT molecular complexity index is 231. The molecular weight excluding hydrogens is 207 g/mol. The summed E-state index contributed by atoms with van der Waals surface area (Å²) in [5.74, 6) is -1.27. The van der Waals surface area contributed by atoms with Crippen LogP contribution in [0.5, 0.6) is 0 Å². The molecule has 0 spiro atoms. The van der Waals surface area contributed by atoms with Gasteiger partial charge < -0.3 is 9.64 Å². The van der Waals surface area contributed by atoms with Crippen molar-refractivity contribution in [3.05, 3.63) is 12.3 Å². The molecule has 0 aliphatic heterocycles. The molecule has 0 rings (SSSR count). The summed E-state index contributed by atoms with van der Waals surface area (Å²) in [5.41, 5.74) is 0. The Hall–Kier alpha value is -0.460. The van der Waals surface area contributed by atoms with Crippen molar-refractivity contribution in [2.75, 3.05) is 14.1 Å². The molecule has 0 N–H and O–H groups in total. The Morgan fingerprint density at radius 1 is 1.43 bits per heavy atom. The summed E-state index contributed by atoms with van der Waals surface area (Å²) >= 11 is 0. The van der Waals surface area contributed by atoms with E-state index in [0.717, 1.165) is 6.08 Å². The van der Waals surface area contributed by atoms with Crippen LogP contribution in [-0.4, -0.2) is 66.9 Å². The number of esters is 1. The molecule has 0 saturated heterocycles. The van der Waals surface area contributed by atoms with Crippen molar-refractivity contribution < 1.29 is 23.1 Å². The van der Waals surface area contributed by atoms with Crippen LogP contribution in [0.3, 0.4) is 0 Å². The summed E-state index contributed by atoms with van der Waals surface area (Å²) in [6.07, 6.45) is -2.78. The summed E-state index contributed by atoms with van der Waals surface area (Å²) in [6, 6.07) is 0. The SMILES string of the molecule is CN(C)C=CC(=O)OC(F)(F)C=O.[NaH]. The standard InChI is InChI=1S/C7H9F2NO3.Na.H/c1-10(2)4-3-6(12)13-7(8,9)5-11;;/h3-5H,1-2H3;;. The van der Waals surface area contributed by atoms with Crippen LogP contribution >= 0.6 is 0 Å². The molecule has 14 heavy (non-hydrogen) atoms. The number of carbonyl (C=O) groups excluding carboxylic acids is 2. The van der Waals surface area contributed by atoms with Crippen molar-refractivity contribution in [1.82, 2.24) is 4.90 Å². The number of carbonyl (C=O) groups is 2. The Labute approximate surface area is 102 Å². The molecule has 0 fully saturated rings. The molecule has 0 amide bonds. The Balaban J connectivity index is 0. The first kappa shape index (κ1) is 16.0. The van der Waals surface area contributed by atoms with Gasteiger partial charge in [-0.2, -0.15) is 8.78 Å². The van der Waals surface area contributed by atoms with Gasteiger partial charge in [-0.1, -0.05) is 0 Å². The van der Waals surface area contributed by atoms with E-state index in [-0.39, 0.29) is 29.6 Å². The average molecular weight is 217 g/mol. The van der Waals surface area contributed by atoms with Gasteiger partial charge in [-0.15, -0.1) is 0 Å². The second kappa shape index (κ2) is 6.92. The van der Waals surface area contributed by atoms with E-state index in [2.05, 4.69) is 4.74 Å². The van der Waals surface area contributed by atoms with Gasteiger partial charge >= 0.3 is 41.6 Å². The minimum atomic E-state index is -4.05. The van der Waals surface area contributed by atoms with E-state index in [1.165, 1.54) is 11.1 Å². The van der Waals surface area contributed by atoms with Gasteiger partial charge in [-0.25, -0.2) is 4.79 Å². The number of alkyl halides is 2. The van der Waals surface area contributed by atoms with Crippen molar-refractivity contribution in [3.63, 3.8) is 0 Å². The molecule has 0 aromatic carbocycles. The minimum absolute atomic E-state index is 0. The van der Waals surface area contributed by atoms with Crippen LogP contribution in [0.1, 0.15) is 0 Å². The van der Waals surface area contributed by atoms with Gasteiger partial charge in [-0.05, 0) is 0 Å². The predicted molar refractivity (Wildman–Crippen MR) is 47.1 cm³/mol. The van der Waals surface area contributed by atoms with Gasteiger partial charge in [0.1, 0.15) is 0 Å². The third kappa shape index (κ3) is 8.15. The van der Waals surface area contributed by atoms with Crippen LogP contribution in [-0.2, 0) is 14.3 Å². The monoisotopic (exact) mass is 217 g/mol. The van der Waals surface area contributed by atoms with Gasteiger partial charge in [0.25, 0.3) is 0 Å². The number of aldehydes is 1. The summed E-state index contributed by atoms with van der Waals surface area (Å²) in [6.45, 7) is 0. The quantitative estimate of drug-likeness (QED) is 0.282. The zero-order valence-corrected chi connectivity index (χ0v) is 7.16. The fourth-order valence-electron chi connectivity index (χ4n) is 0.402. The average Bonchev–Trinajstić information content (AvgIpc) is 2.00. The van der Waals surface area contributed by atoms with Crippen molar-refractivity contribution in [3.8, 4) is 0 Å². The topological polar surface area (TPSA) is 46.6 Å². The van der Waals surface area contributed by atoms with Crippen LogP contribution in [0.2, 0.25) is 0 Å². The van der Waals surface area contributed by atoms with E-state index >= 15 is 0 Å². The second-order valence-corrected chi connectivity index (χ2v) is 2.38. The third-order valence-corrected chi connectivity index (χ3v) is 0.883. The third-order valence-electron chi connectivity index (χ3n) is 0.883. The Morgan fingerprint density at radius 2 is 1.93 bits per heavy atom. The maximum atomic E-state index is 12.1. The molecule has 0 aromatic heterocycles. The van der Waals surface area contributed by atoms with Gasteiger partial charge in [0.05, 0.1) is 0 Å². The molecule has 0 aliphatic rings. The molecule has 0 heterocycles. The van der Waals surface area contributed by atoms with E-state index in [9.17, 15) is 18.4 Å². The van der Waals surface area contributed by atoms with Crippen LogP contribution in [0.4, 0.5) is 8.78 Å². The first-order valence-corrected chi connectivity index (χ1v) is 3.29. The van der Waals surface area contributed by atoms with Crippen LogP contribution in [0, 0.1) is 0 Å². The molecular formula is C7H10F2NNaO3. The normalized spacial score (nSPS) is 10.6. The predicted octanol–water partition coefficient (Wildman–Crippen LogP) is -0.252. The fraction of sp³-hybridized carbons (Fsp3) is 0.429. The number of hydrogen-bond acceptors (Lipinski definition) is 4. The fourth-order valence-corrected chi connectivity index (χ4v) is 0.402. The van der Waals surface area contributed by atoms with Crippen molar-refractivity contribution >= 4 is 41.8 Å². The van der Waals surface area contributed by atoms with E-state index in [1.807, 2.05) is 0 Å². The number of halogens is 2. The zero-order chi connectivity index (χ0) is 10.5. The van der Waals surface area contributed by atoms with Crippen LogP contribution < -0.4 is 0 Å². The number of ether oxygens (including phenoxy) is 1. The number of hydrogen-bond donors (Lipinski definition) is 0. The zero-order valence-electron chi connectivity index (χ0n) is 7.16. The van der Waals surface area contributed by atoms with Gasteiger partial charge in [0.15, 0.2) is 0 Å². The van der Waals surface area contributed by atoms with E-state index in [0.29, 0.717) is 0 Å². The van der Waals surface area contributed by atoms with Crippen LogP contribution in [0.15, 0.2) is 12.3 Å². The molecule has 0 aromatic rings. The maximum absolute atomic E-state index is 12.1. The summed E-state index contributed by atoms with van der Waals surface area (Å²) in [7, 11) is 3.20. The van der Waals surface area contributed by atoms with Gasteiger partial charge in [0.2, 0.25) is 6.29 Å². The molecule has 0 unspecified atom stereocenters. The molecule has 0 atom stereocenters. The number of nitrogens with zero attached hydrogens (tertiary/aromatic N) is 1. The summed E-state index contributed by atoms with van der Waals surface area (Å²) in [5, 5.41) is 0. The molecule has 0 saturated carbocycles. The van der Waals surface area contributed by atoms with Crippen LogP contribution in [0.25, 0.3) is 0 Å². The van der Waals surface area contributed by atoms with E-state index in [4.69, 9.17) is 0 Å². The molecule has 4 nitrogen and oxygen atoms in total. The van der Waals surface area contributed by atoms with E-state index < -0.39 is 18.4 Å². The van der Waals surface area contributed by atoms with E-state index in [1.54, 1.807) is 14.1 Å². The van der Waals surface area contributed by atoms with Crippen molar-refractivity contribution in [2.24, 2.45) is 0 Å². The molecule has 0 radical (unpaired) electrons. The second-order valence-electron chi connectivity index (χ2n) is 2.38. The summed E-state index contributed by atoms with van der Waals surface area (Å²) in [4.78, 5) is 21.6. The van der Waals surface area contributed by atoms with Crippen molar-refractivity contribution in [1.29, 1.82) is 0 Å².